The van der Waals surface area contributed by atoms with Crippen LogP contribution >= 0.6 is 23.2 Å². The second-order valence-corrected chi connectivity index (χ2v) is 3.38. The summed E-state index contributed by atoms with van der Waals surface area (Å²) in [6.07, 6.45) is 0.140. The average molecular weight is 234 g/mol. The van der Waals surface area contributed by atoms with Crippen LogP contribution in [0.15, 0.2) is 18.2 Å². The molecule has 76 valence electrons. The van der Waals surface area contributed by atoms with E-state index in [1.54, 1.807) is 18.2 Å². The molecule has 5 heteroatoms. The number of esters is 1. The third-order valence-corrected chi connectivity index (χ3v) is 2.08. The van der Waals surface area contributed by atoms with E-state index < -0.39 is 5.97 Å². The molecule has 0 aromatic heterocycles. The Labute approximate surface area is 91.7 Å². The lowest BCUT2D eigenvalue weighted by Gasteiger charge is -2.06. The Morgan fingerprint density at radius 2 is 1.93 bits per heavy atom. The standard InChI is InChI=1S/C9H9Cl2NO2/c10-6-2-1-3-7(11)9(6)14-8(13)4-5-12/h1-3H,4-5,12H2. The lowest BCUT2D eigenvalue weighted by atomic mass is 10.3. The largest absolute Gasteiger partial charge is 0.423 e. The van der Waals surface area contributed by atoms with Crippen LogP contribution in [0.2, 0.25) is 10.0 Å². The van der Waals surface area contributed by atoms with Crippen molar-refractivity contribution < 1.29 is 9.53 Å². The van der Waals surface area contributed by atoms with Crippen LogP contribution in [0.1, 0.15) is 6.42 Å². The maximum Gasteiger partial charge on any atom is 0.312 e. The molecular formula is C9H9Cl2NO2. The molecular weight excluding hydrogens is 225 g/mol. The van der Waals surface area contributed by atoms with Crippen molar-refractivity contribution in [2.45, 2.75) is 6.42 Å². The van der Waals surface area contributed by atoms with E-state index in [4.69, 9.17) is 33.7 Å². The summed E-state index contributed by atoms with van der Waals surface area (Å²) in [6, 6.07) is 4.86. The summed E-state index contributed by atoms with van der Waals surface area (Å²) in [6.45, 7) is 0.237. The van der Waals surface area contributed by atoms with Gasteiger partial charge in [0.05, 0.1) is 16.5 Å². The molecule has 0 unspecified atom stereocenters. The van der Waals surface area contributed by atoms with Gasteiger partial charge in [-0.2, -0.15) is 0 Å². The number of carbonyl (C=O) groups excluding carboxylic acids is 1. The Bertz CT molecular complexity index is 321. The SMILES string of the molecule is NCCC(=O)Oc1c(Cl)cccc1Cl. The second-order valence-electron chi connectivity index (χ2n) is 2.56. The zero-order valence-electron chi connectivity index (χ0n) is 7.30. The van der Waals surface area contributed by atoms with Crippen LogP contribution in [0.5, 0.6) is 5.75 Å². The van der Waals surface area contributed by atoms with E-state index in [0.29, 0.717) is 10.0 Å². The molecule has 0 aliphatic carbocycles. The van der Waals surface area contributed by atoms with Gasteiger partial charge < -0.3 is 10.5 Å². The van der Waals surface area contributed by atoms with Gasteiger partial charge in [0.2, 0.25) is 0 Å². The molecule has 0 spiro atoms. The lowest BCUT2D eigenvalue weighted by Crippen LogP contribution is -2.14. The van der Waals surface area contributed by atoms with Gasteiger partial charge in [-0.1, -0.05) is 29.3 Å². The fraction of sp³-hybridized carbons (Fsp3) is 0.222. The first-order valence-electron chi connectivity index (χ1n) is 4.00. The Morgan fingerprint density at radius 3 is 2.43 bits per heavy atom. The van der Waals surface area contributed by atoms with Crippen LogP contribution in [0.25, 0.3) is 0 Å². The van der Waals surface area contributed by atoms with E-state index in [0.717, 1.165) is 0 Å². The molecule has 3 nitrogen and oxygen atoms in total. The first-order chi connectivity index (χ1) is 6.65. The van der Waals surface area contributed by atoms with Crippen molar-refractivity contribution in [1.82, 2.24) is 0 Å². The molecule has 1 aromatic rings. The van der Waals surface area contributed by atoms with Crippen molar-refractivity contribution in [3.05, 3.63) is 28.2 Å². The molecule has 0 aliphatic heterocycles. The van der Waals surface area contributed by atoms with Crippen molar-refractivity contribution in [3.63, 3.8) is 0 Å². The van der Waals surface area contributed by atoms with Crippen molar-refractivity contribution >= 4 is 29.2 Å². The summed E-state index contributed by atoms with van der Waals surface area (Å²) in [5, 5.41) is 0.616. The van der Waals surface area contributed by atoms with Gasteiger partial charge in [-0.05, 0) is 12.1 Å². The molecule has 0 aliphatic rings. The average Bonchev–Trinajstić information content (AvgIpc) is 2.12. The third-order valence-electron chi connectivity index (χ3n) is 1.48. The van der Waals surface area contributed by atoms with Crippen LogP contribution in [-0.2, 0) is 4.79 Å². The van der Waals surface area contributed by atoms with Gasteiger partial charge in [0.25, 0.3) is 0 Å². The highest BCUT2D eigenvalue weighted by atomic mass is 35.5. The number of rotatable bonds is 3. The van der Waals surface area contributed by atoms with Gasteiger partial charge in [0.1, 0.15) is 0 Å². The molecule has 0 radical (unpaired) electrons. The van der Waals surface area contributed by atoms with Crippen molar-refractivity contribution in [1.29, 1.82) is 0 Å². The summed E-state index contributed by atoms with van der Waals surface area (Å²) >= 11 is 11.6. The Hall–Kier alpha value is -0.770. The van der Waals surface area contributed by atoms with E-state index in [-0.39, 0.29) is 18.7 Å². The van der Waals surface area contributed by atoms with Gasteiger partial charge in [-0.25, -0.2) is 0 Å². The van der Waals surface area contributed by atoms with E-state index >= 15 is 0 Å². The first kappa shape index (κ1) is 11.3. The molecule has 0 fully saturated rings. The van der Waals surface area contributed by atoms with Crippen LogP contribution < -0.4 is 10.5 Å². The second kappa shape index (κ2) is 5.20. The van der Waals surface area contributed by atoms with Crippen molar-refractivity contribution in [3.8, 4) is 5.75 Å². The minimum atomic E-state index is -0.442. The number of hydrogen-bond donors (Lipinski definition) is 1. The topological polar surface area (TPSA) is 52.3 Å². The van der Waals surface area contributed by atoms with Gasteiger partial charge in [-0.15, -0.1) is 0 Å². The number of carbonyl (C=O) groups is 1. The number of hydrogen-bond acceptors (Lipinski definition) is 3. The summed E-state index contributed by atoms with van der Waals surface area (Å²) < 4.78 is 4.93. The first-order valence-corrected chi connectivity index (χ1v) is 4.75. The quantitative estimate of drug-likeness (QED) is 0.644. The Morgan fingerprint density at radius 1 is 1.36 bits per heavy atom. The molecule has 0 saturated heterocycles. The maximum atomic E-state index is 11.1. The van der Waals surface area contributed by atoms with Crippen molar-refractivity contribution in [2.75, 3.05) is 6.54 Å². The highest BCUT2D eigenvalue weighted by molar-refractivity contribution is 6.37. The minimum Gasteiger partial charge on any atom is -0.423 e. The fourth-order valence-corrected chi connectivity index (χ4v) is 1.34. The third kappa shape index (κ3) is 2.87. The molecule has 1 rings (SSSR count). The molecule has 0 heterocycles. The molecule has 2 N–H and O–H groups in total. The highest BCUT2D eigenvalue weighted by Crippen LogP contribution is 2.32. The van der Waals surface area contributed by atoms with Crippen LogP contribution in [-0.4, -0.2) is 12.5 Å². The molecule has 1 aromatic carbocycles. The van der Waals surface area contributed by atoms with E-state index in [1.807, 2.05) is 0 Å². The molecule has 0 bridgehead atoms. The number of nitrogens with two attached hydrogens (primary N) is 1. The van der Waals surface area contributed by atoms with E-state index in [9.17, 15) is 4.79 Å². The van der Waals surface area contributed by atoms with Gasteiger partial charge in [-0.3, -0.25) is 4.79 Å². The summed E-state index contributed by atoms with van der Waals surface area (Å²) in [5.41, 5.74) is 5.19. The van der Waals surface area contributed by atoms with E-state index in [1.165, 1.54) is 0 Å². The molecule has 0 atom stereocenters. The summed E-state index contributed by atoms with van der Waals surface area (Å²) in [5.74, 6) is -0.253. The van der Waals surface area contributed by atoms with E-state index in [2.05, 4.69) is 0 Å². The number of halogens is 2. The Balaban J connectivity index is 2.80. The fourth-order valence-electron chi connectivity index (χ4n) is 0.863. The lowest BCUT2D eigenvalue weighted by molar-refractivity contribution is -0.134. The highest BCUT2D eigenvalue weighted by Gasteiger charge is 2.10. The smallest absolute Gasteiger partial charge is 0.312 e. The summed E-state index contributed by atoms with van der Waals surface area (Å²) in [7, 11) is 0. The molecule has 0 amide bonds. The zero-order valence-corrected chi connectivity index (χ0v) is 8.81. The Kier molecular flexibility index (Phi) is 4.20. The van der Waals surface area contributed by atoms with Gasteiger partial charge in [0, 0.05) is 6.54 Å². The number of ether oxygens (including phenoxy) is 1. The monoisotopic (exact) mass is 233 g/mol. The molecule has 14 heavy (non-hydrogen) atoms. The van der Waals surface area contributed by atoms with Crippen LogP contribution in [0.4, 0.5) is 0 Å². The maximum absolute atomic E-state index is 11.1. The number of benzene rings is 1. The normalized spacial score (nSPS) is 9.93. The minimum absolute atomic E-state index is 0.140. The van der Waals surface area contributed by atoms with Crippen LogP contribution in [0.3, 0.4) is 0 Å². The molecule has 0 saturated carbocycles. The van der Waals surface area contributed by atoms with Gasteiger partial charge >= 0.3 is 5.97 Å². The zero-order chi connectivity index (χ0) is 10.6. The van der Waals surface area contributed by atoms with Crippen LogP contribution in [0, 0.1) is 0 Å². The predicted octanol–water partition coefficient (Wildman–Crippen LogP) is 2.25. The van der Waals surface area contributed by atoms with Crippen molar-refractivity contribution in [2.24, 2.45) is 5.73 Å². The summed E-state index contributed by atoms with van der Waals surface area (Å²) in [4.78, 5) is 11.1. The number of para-hydroxylation sites is 1. The predicted molar refractivity (Wildman–Crippen MR) is 55.8 cm³/mol. The van der Waals surface area contributed by atoms with Gasteiger partial charge in [0.15, 0.2) is 5.75 Å².